The summed E-state index contributed by atoms with van der Waals surface area (Å²) in [7, 11) is 1.48. The van der Waals surface area contributed by atoms with E-state index in [-0.39, 0.29) is 22.8 Å². The van der Waals surface area contributed by atoms with Gasteiger partial charge in [0.15, 0.2) is 11.4 Å². The van der Waals surface area contributed by atoms with Gasteiger partial charge in [0.25, 0.3) is 5.56 Å². The molecule has 0 saturated heterocycles. The van der Waals surface area contributed by atoms with Crippen LogP contribution in [0.4, 0.5) is 5.69 Å². The lowest BCUT2D eigenvalue weighted by Crippen LogP contribution is -2.22. The molecule has 0 atom stereocenters. The zero-order valence-corrected chi connectivity index (χ0v) is 17.6. The normalized spacial score (nSPS) is 11.9. The molecule has 0 fully saturated rings. The van der Waals surface area contributed by atoms with Gasteiger partial charge in [0, 0.05) is 24.4 Å². The van der Waals surface area contributed by atoms with Gasteiger partial charge in [0.2, 0.25) is 5.88 Å². The van der Waals surface area contributed by atoms with E-state index in [1.165, 1.54) is 7.05 Å². The predicted molar refractivity (Wildman–Crippen MR) is 119 cm³/mol. The van der Waals surface area contributed by atoms with E-state index in [4.69, 9.17) is 0 Å². The number of aromatic nitrogens is 3. The summed E-state index contributed by atoms with van der Waals surface area (Å²) in [5.74, 6) is -0.252. The molecule has 31 heavy (non-hydrogen) atoms. The van der Waals surface area contributed by atoms with E-state index < -0.39 is 5.91 Å². The monoisotopic (exact) mass is 417 g/mol. The number of para-hydroxylation sites is 1. The summed E-state index contributed by atoms with van der Waals surface area (Å²) in [5.41, 5.74) is 0.800. The van der Waals surface area contributed by atoms with Gasteiger partial charge in [-0.15, -0.1) is 10.2 Å². The van der Waals surface area contributed by atoms with Crippen LogP contribution in [0.15, 0.2) is 63.6 Å². The van der Waals surface area contributed by atoms with Crippen LogP contribution >= 0.6 is 0 Å². The molecule has 2 aromatic carbocycles. The van der Waals surface area contributed by atoms with E-state index in [1.54, 1.807) is 28.8 Å². The van der Waals surface area contributed by atoms with E-state index in [9.17, 15) is 14.7 Å². The van der Waals surface area contributed by atoms with E-state index in [0.29, 0.717) is 28.6 Å². The molecular formula is C23H23N5O3. The lowest BCUT2D eigenvalue weighted by Gasteiger charge is -2.08. The Morgan fingerprint density at radius 3 is 2.42 bits per heavy atom. The third kappa shape index (κ3) is 3.72. The second kappa shape index (κ2) is 8.14. The second-order valence-electron chi connectivity index (χ2n) is 7.85. The van der Waals surface area contributed by atoms with Gasteiger partial charge in [-0.2, -0.15) is 5.10 Å². The number of nitrogens with zero attached hydrogens (tertiary/aromatic N) is 5. The smallest absolute Gasteiger partial charge is 0.316 e. The minimum Gasteiger partial charge on any atom is -0.493 e. The van der Waals surface area contributed by atoms with Crippen LogP contribution in [0.1, 0.15) is 30.8 Å². The molecule has 0 aliphatic rings. The fraction of sp³-hybridized carbons (Fsp3) is 0.261. The highest BCUT2D eigenvalue weighted by Gasteiger charge is 2.19. The molecule has 8 nitrogen and oxygen atoms in total. The summed E-state index contributed by atoms with van der Waals surface area (Å²) in [6, 6.07) is 14.2. The van der Waals surface area contributed by atoms with Crippen LogP contribution in [0.3, 0.4) is 0 Å². The Morgan fingerprint density at radius 1 is 1.06 bits per heavy atom. The van der Waals surface area contributed by atoms with Crippen molar-refractivity contribution in [3.63, 3.8) is 0 Å². The van der Waals surface area contributed by atoms with Crippen LogP contribution < -0.4 is 5.56 Å². The van der Waals surface area contributed by atoms with Gasteiger partial charge >= 0.3 is 5.91 Å². The fourth-order valence-corrected chi connectivity index (χ4v) is 3.58. The van der Waals surface area contributed by atoms with Gasteiger partial charge in [-0.1, -0.05) is 50.2 Å². The molecule has 0 spiro atoms. The van der Waals surface area contributed by atoms with Crippen molar-refractivity contribution in [1.82, 2.24) is 14.3 Å². The number of hydrogen-bond acceptors (Lipinski definition) is 5. The minimum atomic E-state index is -0.690. The average Bonchev–Trinajstić information content (AvgIpc) is 3.03. The van der Waals surface area contributed by atoms with Gasteiger partial charge in [-0.3, -0.25) is 9.59 Å². The zero-order valence-electron chi connectivity index (χ0n) is 17.6. The van der Waals surface area contributed by atoms with Gasteiger partial charge in [-0.05, 0) is 24.5 Å². The number of rotatable bonds is 5. The van der Waals surface area contributed by atoms with Crippen molar-refractivity contribution >= 4 is 33.3 Å². The Bertz CT molecular complexity index is 1380. The second-order valence-corrected chi connectivity index (χ2v) is 7.85. The number of carbonyl (C=O) groups is 1. The quantitative estimate of drug-likeness (QED) is 0.481. The number of amides is 1. The summed E-state index contributed by atoms with van der Waals surface area (Å²) < 4.78 is 2.90. The number of carbonyl (C=O) groups excluding carboxylic acids is 1. The van der Waals surface area contributed by atoms with Crippen molar-refractivity contribution < 1.29 is 9.90 Å². The molecule has 0 bridgehead atoms. The standard InChI is InChI=1S/C23H23N5O3/c1-14(2)12-13-28-18-11-7-6-10-17(18)20(23(28)31)24-25-21(29)19-15-8-4-5-9-16(15)22(30)27(3)26-19/h4-11,14,31H,12-13H2,1-3H3. The first-order valence-electron chi connectivity index (χ1n) is 10.1. The molecule has 4 aromatic rings. The van der Waals surface area contributed by atoms with Crippen LogP contribution in [0.2, 0.25) is 0 Å². The lowest BCUT2D eigenvalue weighted by molar-refractivity contribution is 0.0990. The summed E-state index contributed by atoms with van der Waals surface area (Å²) >= 11 is 0. The van der Waals surface area contributed by atoms with Crippen LogP contribution in [-0.2, 0) is 13.6 Å². The molecule has 2 aromatic heterocycles. The van der Waals surface area contributed by atoms with Crippen molar-refractivity contribution in [3.8, 4) is 5.88 Å². The molecule has 2 heterocycles. The summed E-state index contributed by atoms with van der Waals surface area (Å²) in [6.45, 7) is 4.86. The molecule has 158 valence electrons. The molecule has 0 aliphatic carbocycles. The summed E-state index contributed by atoms with van der Waals surface area (Å²) in [5, 5.41) is 24.3. The molecular weight excluding hydrogens is 394 g/mol. The zero-order chi connectivity index (χ0) is 22.1. The van der Waals surface area contributed by atoms with Crippen molar-refractivity contribution in [3.05, 3.63) is 64.6 Å². The van der Waals surface area contributed by atoms with Crippen molar-refractivity contribution in [2.75, 3.05) is 0 Å². The number of azo groups is 1. The SMILES string of the molecule is CC(C)CCn1c(O)c(N=NC(=O)c2nn(C)c(=O)c3ccccc23)c2ccccc21. The van der Waals surface area contributed by atoms with E-state index in [2.05, 4.69) is 29.2 Å². The maximum absolute atomic E-state index is 12.8. The molecule has 8 heteroatoms. The maximum atomic E-state index is 12.8. The van der Waals surface area contributed by atoms with Gasteiger partial charge in [0.05, 0.1) is 10.9 Å². The van der Waals surface area contributed by atoms with E-state index in [0.717, 1.165) is 16.6 Å². The number of aryl methyl sites for hydroxylation is 2. The molecule has 4 rings (SSSR count). The number of benzene rings is 2. The Morgan fingerprint density at radius 2 is 1.71 bits per heavy atom. The van der Waals surface area contributed by atoms with Gasteiger partial charge in [-0.25, -0.2) is 4.68 Å². The molecule has 0 saturated carbocycles. The fourth-order valence-electron chi connectivity index (χ4n) is 3.58. The molecule has 0 aliphatic heterocycles. The van der Waals surface area contributed by atoms with Gasteiger partial charge < -0.3 is 9.67 Å². The first kappa shape index (κ1) is 20.5. The number of aromatic hydroxyl groups is 1. The first-order chi connectivity index (χ1) is 14.9. The highest BCUT2D eigenvalue weighted by atomic mass is 16.3. The summed E-state index contributed by atoms with van der Waals surface area (Å²) in [6.07, 6.45) is 0.885. The number of hydrogen-bond donors (Lipinski definition) is 1. The van der Waals surface area contributed by atoms with Gasteiger partial charge in [0.1, 0.15) is 0 Å². The Labute approximate surface area is 178 Å². The largest absolute Gasteiger partial charge is 0.493 e. The lowest BCUT2D eigenvalue weighted by atomic mass is 10.1. The molecule has 1 amide bonds. The average molecular weight is 417 g/mol. The molecule has 0 radical (unpaired) electrons. The van der Waals surface area contributed by atoms with Crippen molar-refractivity contribution in [2.45, 2.75) is 26.8 Å². The van der Waals surface area contributed by atoms with Crippen molar-refractivity contribution in [2.24, 2.45) is 23.2 Å². The Kier molecular flexibility index (Phi) is 5.37. The van der Waals surface area contributed by atoms with Crippen LogP contribution in [0.25, 0.3) is 21.7 Å². The first-order valence-corrected chi connectivity index (χ1v) is 10.1. The van der Waals surface area contributed by atoms with Crippen LogP contribution in [-0.4, -0.2) is 25.4 Å². The Balaban J connectivity index is 1.77. The predicted octanol–water partition coefficient (Wildman–Crippen LogP) is 4.56. The van der Waals surface area contributed by atoms with Crippen LogP contribution in [0, 0.1) is 5.92 Å². The molecule has 1 N–H and O–H groups in total. The van der Waals surface area contributed by atoms with E-state index in [1.807, 2.05) is 24.3 Å². The minimum absolute atomic E-state index is 0.0309. The summed E-state index contributed by atoms with van der Waals surface area (Å²) in [4.78, 5) is 25.1. The highest BCUT2D eigenvalue weighted by Crippen LogP contribution is 2.39. The topological polar surface area (TPSA) is 102 Å². The third-order valence-electron chi connectivity index (χ3n) is 5.25. The Hall–Kier alpha value is -3.81. The van der Waals surface area contributed by atoms with E-state index >= 15 is 0 Å². The highest BCUT2D eigenvalue weighted by molar-refractivity contribution is 6.05. The molecule has 0 unspecified atom stereocenters. The number of fused-ring (bicyclic) bond motifs is 2. The maximum Gasteiger partial charge on any atom is 0.316 e. The third-order valence-corrected chi connectivity index (χ3v) is 5.25. The van der Waals surface area contributed by atoms with Crippen molar-refractivity contribution in [1.29, 1.82) is 0 Å². The van der Waals surface area contributed by atoms with Crippen LogP contribution in [0.5, 0.6) is 5.88 Å².